The monoisotopic (exact) mass is 396 g/mol. The third-order valence-electron chi connectivity index (χ3n) is 4.73. The molecule has 0 heterocycles. The number of hydrogen-bond acceptors (Lipinski definition) is 4. The van der Waals surface area contributed by atoms with Crippen molar-refractivity contribution in [2.45, 2.75) is 47.1 Å². The van der Waals surface area contributed by atoms with Crippen molar-refractivity contribution in [2.75, 3.05) is 7.11 Å². The van der Waals surface area contributed by atoms with Crippen LogP contribution >= 0.6 is 0 Å². The molecule has 0 unspecified atom stereocenters. The van der Waals surface area contributed by atoms with E-state index >= 15 is 0 Å². The topological polar surface area (TPSA) is 72.8 Å². The van der Waals surface area contributed by atoms with E-state index in [9.17, 15) is 14.7 Å². The Balaban J connectivity index is 2.27. The van der Waals surface area contributed by atoms with Gasteiger partial charge in [0.25, 0.3) is 0 Å². The van der Waals surface area contributed by atoms with Crippen molar-refractivity contribution in [1.82, 2.24) is 0 Å². The van der Waals surface area contributed by atoms with Gasteiger partial charge in [0.2, 0.25) is 0 Å². The first-order valence-electron chi connectivity index (χ1n) is 9.37. The molecule has 2 aromatic rings. The lowest BCUT2D eigenvalue weighted by Crippen LogP contribution is -2.38. The van der Waals surface area contributed by atoms with E-state index in [0.717, 1.165) is 33.6 Å². The molecule has 2 rings (SSSR count). The van der Waals surface area contributed by atoms with E-state index in [0.29, 0.717) is 11.3 Å². The number of benzene rings is 2. The van der Waals surface area contributed by atoms with Crippen molar-refractivity contribution in [1.29, 1.82) is 0 Å². The molecule has 5 nitrogen and oxygen atoms in total. The Kier molecular flexibility index (Phi) is 6.52. The minimum Gasteiger partial charge on any atom is -0.496 e. The van der Waals surface area contributed by atoms with E-state index in [2.05, 4.69) is 0 Å². The zero-order valence-electron chi connectivity index (χ0n) is 18.0. The second-order valence-corrected chi connectivity index (χ2v) is 7.74. The van der Waals surface area contributed by atoms with Crippen LogP contribution in [-0.4, -0.2) is 29.6 Å². The van der Waals surface area contributed by atoms with Gasteiger partial charge >= 0.3 is 5.97 Å². The molecule has 0 aliphatic heterocycles. The van der Waals surface area contributed by atoms with E-state index < -0.39 is 11.6 Å². The van der Waals surface area contributed by atoms with Crippen LogP contribution in [-0.2, 0) is 4.79 Å². The second-order valence-electron chi connectivity index (χ2n) is 7.74. The SMILES string of the molecule is COc1c(C)cc(C(=O)/C=C/c2cc(C)c(OC(C)(C)C(=O)O)c(C)c2)cc1C. The standard InChI is InChI=1S/C24H28O5/c1-14-10-18(11-15(2)22(14)29-24(5,6)23(26)27)8-9-20(25)19-12-16(3)21(28-7)17(4)13-19/h8-13H,1-7H3,(H,26,27)/b9-8+. The predicted octanol–water partition coefficient (Wildman–Crippen LogP) is 5.07. The summed E-state index contributed by atoms with van der Waals surface area (Å²) in [6, 6.07) is 7.38. The second kappa shape index (κ2) is 8.52. The molecule has 0 fully saturated rings. The van der Waals surface area contributed by atoms with Crippen LogP contribution < -0.4 is 9.47 Å². The van der Waals surface area contributed by atoms with E-state index in [1.807, 2.05) is 52.0 Å². The van der Waals surface area contributed by atoms with Crippen molar-refractivity contribution in [3.8, 4) is 11.5 Å². The molecule has 1 N–H and O–H groups in total. The molecule has 0 saturated heterocycles. The van der Waals surface area contributed by atoms with Crippen LogP contribution in [0.4, 0.5) is 0 Å². The smallest absolute Gasteiger partial charge is 0.347 e. The molecule has 0 atom stereocenters. The number of aryl methyl sites for hydroxylation is 4. The molecule has 0 aliphatic rings. The Hall–Kier alpha value is -3.08. The number of carboxylic acids is 1. The average Bonchev–Trinajstić information content (AvgIpc) is 2.62. The largest absolute Gasteiger partial charge is 0.496 e. The van der Waals surface area contributed by atoms with Gasteiger partial charge < -0.3 is 14.6 Å². The number of carboxylic acid groups (broad SMARTS) is 1. The van der Waals surface area contributed by atoms with Crippen LogP contribution in [0.15, 0.2) is 30.3 Å². The van der Waals surface area contributed by atoms with E-state index in [1.54, 1.807) is 13.2 Å². The highest BCUT2D eigenvalue weighted by molar-refractivity contribution is 6.07. The molecule has 0 radical (unpaired) electrons. The molecular formula is C24H28O5. The number of carbonyl (C=O) groups is 2. The highest BCUT2D eigenvalue weighted by atomic mass is 16.5. The average molecular weight is 396 g/mol. The maximum atomic E-state index is 12.6. The van der Waals surface area contributed by atoms with Gasteiger partial charge in [-0.05, 0) is 99.7 Å². The third-order valence-corrected chi connectivity index (χ3v) is 4.73. The Morgan fingerprint density at radius 2 is 1.38 bits per heavy atom. The summed E-state index contributed by atoms with van der Waals surface area (Å²) in [5.74, 6) is 0.205. The van der Waals surface area contributed by atoms with Gasteiger partial charge in [0, 0.05) is 5.56 Å². The van der Waals surface area contributed by atoms with Gasteiger partial charge in [-0.25, -0.2) is 4.79 Å². The Bertz CT molecular complexity index is 937. The molecule has 29 heavy (non-hydrogen) atoms. The van der Waals surface area contributed by atoms with Crippen molar-refractivity contribution >= 4 is 17.8 Å². The summed E-state index contributed by atoms with van der Waals surface area (Å²) in [6.45, 7) is 10.6. The number of carbonyl (C=O) groups excluding carboxylic acids is 1. The lowest BCUT2D eigenvalue weighted by molar-refractivity contribution is -0.152. The van der Waals surface area contributed by atoms with Crippen molar-refractivity contribution in [3.05, 3.63) is 63.7 Å². The molecule has 0 saturated carbocycles. The molecule has 154 valence electrons. The van der Waals surface area contributed by atoms with Crippen LogP contribution in [0.2, 0.25) is 0 Å². The quantitative estimate of drug-likeness (QED) is 0.523. The fraction of sp³-hybridized carbons (Fsp3) is 0.333. The zero-order chi connectivity index (χ0) is 21.9. The number of ketones is 1. The first-order chi connectivity index (χ1) is 13.5. The molecule has 0 aromatic heterocycles. The lowest BCUT2D eigenvalue weighted by Gasteiger charge is -2.24. The molecule has 2 aromatic carbocycles. The Morgan fingerprint density at radius 1 is 0.897 bits per heavy atom. The molecular weight excluding hydrogens is 368 g/mol. The maximum absolute atomic E-state index is 12.6. The molecule has 0 spiro atoms. The van der Waals surface area contributed by atoms with Crippen LogP contribution in [0.5, 0.6) is 11.5 Å². The normalized spacial score (nSPS) is 11.6. The molecule has 0 aliphatic carbocycles. The number of aliphatic carboxylic acids is 1. The van der Waals surface area contributed by atoms with Crippen LogP contribution in [0, 0.1) is 27.7 Å². The highest BCUT2D eigenvalue weighted by Gasteiger charge is 2.30. The van der Waals surface area contributed by atoms with Gasteiger partial charge in [0.05, 0.1) is 7.11 Å². The highest BCUT2D eigenvalue weighted by Crippen LogP contribution is 2.29. The van der Waals surface area contributed by atoms with E-state index in [1.165, 1.54) is 19.9 Å². The summed E-state index contributed by atoms with van der Waals surface area (Å²) in [5.41, 5.74) is 3.57. The summed E-state index contributed by atoms with van der Waals surface area (Å²) in [4.78, 5) is 23.9. The summed E-state index contributed by atoms with van der Waals surface area (Å²) in [7, 11) is 1.62. The van der Waals surface area contributed by atoms with Crippen molar-refractivity contribution in [3.63, 3.8) is 0 Å². The van der Waals surface area contributed by atoms with E-state index in [4.69, 9.17) is 9.47 Å². The molecule has 0 amide bonds. The number of ether oxygens (including phenoxy) is 2. The Labute approximate surface area is 172 Å². The first kappa shape index (κ1) is 22.2. The number of allylic oxidation sites excluding steroid dienone is 1. The number of rotatable bonds is 7. The summed E-state index contributed by atoms with van der Waals surface area (Å²) in [6.07, 6.45) is 3.29. The zero-order valence-corrected chi connectivity index (χ0v) is 18.0. The summed E-state index contributed by atoms with van der Waals surface area (Å²) < 4.78 is 11.1. The van der Waals surface area contributed by atoms with E-state index in [-0.39, 0.29) is 5.78 Å². The maximum Gasteiger partial charge on any atom is 0.347 e. The number of methoxy groups -OCH3 is 1. The summed E-state index contributed by atoms with van der Waals surface area (Å²) in [5, 5.41) is 9.28. The molecule has 0 bridgehead atoms. The minimum atomic E-state index is -1.33. The van der Waals surface area contributed by atoms with Gasteiger partial charge in [0.1, 0.15) is 11.5 Å². The number of hydrogen-bond donors (Lipinski definition) is 1. The van der Waals surface area contributed by atoms with Crippen LogP contribution in [0.1, 0.15) is 52.0 Å². The Morgan fingerprint density at radius 3 is 1.83 bits per heavy atom. The van der Waals surface area contributed by atoms with Crippen LogP contribution in [0.25, 0.3) is 6.08 Å². The van der Waals surface area contributed by atoms with Gasteiger partial charge in [0.15, 0.2) is 11.4 Å². The van der Waals surface area contributed by atoms with Gasteiger partial charge in [-0.15, -0.1) is 0 Å². The molecule has 5 heteroatoms. The van der Waals surface area contributed by atoms with Gasteiger partial charge in [-0.3, -0.25) is 4.79 Å². The van der Waals surface area contributed by atoms with Gasteiger partial charge in [-0.2, -0.15) is 0 Å². The van der Waals surface area contributed by atoms with Crippen LogP contribution in [0.3, 0.4) is 0 Å². The predicted molar refractivity (Wildman–Crippen MR) is 114 cm³/mol. The summed E-state index contributed by atoms with van der Waals surface area (Å²) >= 11 is 0. The lowest BCUT2D eigenvalue weighted by atomic mass is 10.0. The minimum absolute atomic E-state index is 0.0958. The van der Waals surface area contributed by atoms with Crippen molar-refractivity contribution in [2.24, 2.45) is 0 Å². The fourth-order valence-electron chi connectivity index (χ4n) is 3.22. The van der Waals surface area contributed by atoms with Crippen molar-refractivity contribution < 1.29 is 24.2 Å². The van der Waals surface area contributed by atoms with Gasteiger partial charge in [-0.1, -0.05) is 6.08 Å². The fourth-order valence-corrected chi connectivity index (χ4v) is 3.22. The third kappa shape index (κ3) is 5.05. The first-order valence-corrected chi connectivity index (χ1v) is 9.37.